The van der Waals surface area contributed by atoms with Crippen LogP contribution in [0.2, 0.25) is 0 Å². The summed E-state index contributed by atoms with van der Waals surface area (Å²) in [5, 5.41) is 11.6. The van der Waals surface area contributed by atoms with E-state index in [2.05, 4.69) is 152 Å². The number of furan rings is 2. The molecule has 0 aliphatic rings. The van der Waals surface area contributed by atoms with Crippen molar-refractivity contribution in [2.45, 2.75) is 0 Å². The predicted octanol–water partition coefficient (Wildman–Crippen LogP) is 13.9. The monoisotopic (exact) mass is 636 g/mol. The molecular weight excluding hydrogens is 609 g/mol. The van der Waals surface area contributed by atoms with E-state index in [-0.39, 0.29) is 0 Å². The van der Waals surface area contributed by atoms with Gasteiger partial charge in [0.25, 0.3) is 0 Å². The van der Waals surface area contributed by atoms with Crippen molar-refractivity contribution in [2.75, 3.05) is 0 Å². The van der Waals surface area contributed by atoms with Crippen LogP contribution in [0.1, 0.15) is 0 Å². The van der Waals surface area contributed by atoms with Crippen LogP contribution in [0.25, 0.3) is 110 Å². The molecule has 0 atom stereocenters. The van der Waals surface area contributed by atoms with Crippen LogP contribution in [-0.4, -0.2) is 0 Å². The molecule has 0 fully saturated rings. The fourth-order valence-corrected chi connectivity index (χ4v) is 8.38. The third kappa shape index (κ3) is 3.79. The lowest BCUT2D eigenvalue weighted by Crippen LogP contribution is -1.93. The summed E-state index contributed by atoms with van der Waals surface area (Å²) in [6.45, 7) is 0. The van der Waals surface area contributed by atoms with Crippen LogP contribution in [0.5, 0.6) is 0 Å². The molecule has 2 heteroatoms. The average Bonchev–Trinajstić information content (AvgIpc) is 3.75. The molecular formula is C48H28O2. The molecule has 9 aromatic carbocycles. The molecule has 0 aliphatic carbocycles. The Morgan fingerprint density at radius 3 is 1.34 bits per heavy atom. The van der Waals surface area contributed by atoms with Gasteiger partial charge >= 0.3 is 0 Å². The quantitative estimate of drug-likeness (QED) is 0.180. The first-order chi connectivity index (χ1) is 24.8. The number of fused-ring (bicyclic) bond motifs is 10. The minimum Gasteiger partial charge on any atom is -0.456 e. The van der Waals surface area contributed by atoms with E-state index in [1.165, 1.54) is 60.1 Å². The lowest BCUT2D eigenvalue weighted by atomic mass is 9.83. The first kappa shape index (κ1) is 27.3. The molecule has 0 spiro atoms. The standard InChI is InChI=1S/C48H28O2/c1-2-14-29(15-3-1)30-26-27-37(32-17-5-4-16-31(30)32)44-33-18-6-8-20-35(33)45(36-21-9-7-19-34(36)44)40-28-43-47(39-23-11-12-24-41(39)49-43)48-46(40)38-22-10-13-25-42(38)50-48/h1-28H. The lowest BCUT2D eigenvalue weighted by molar-refractivity contribution is 0.663. The zero-order valence-corrected chi connectivity index (χ0v) is 27.0. The Bertz CT molecular complexity index is 3080. The Morgan fingerprint density at radius 2 is 0.720 bits per heavy atom. The summed E-state index contributed by atoms with van der Waals surface area (Å²) >= 11 is 0. The van der Waals surface area contributed by atoms with E-state index in [9.17, 15) is 0 Å². The van der Waals surface area contributed by atoms with Crippen LogP contribution in [-0.2, 0) is 0 Å². The van der Waals surface area contributed by atoms with Crippen molar-refractivity contribution < 1.29 is 8.83 Å². The van der Waals surface area contributed by atoms with E-state index in [0.717, 1.165) is 49.4 Å². The SMILES string of the molecule is c1ccc(-c2ccc(-c3c4ccccc4c(-c4cc5oc6ccccc6c5c5oc6ccccc6c45)c4ccccc34)c3ccccc23)cc1. The highest BCUT2D eigenvalue weighted by Crippen LogP contribution is 2.50. The van der Waals surface area contributed by atoms with Gasteiger partial charge in [-0.2, -0.15) is 0 Å². The molecule has 2 aromatic heterocycles. The zero-order valence-electron chi connectivity index (χ0n) is 27.0. The van der Waals surface area contributed by atoms with Gasteiger partial charge in [0.2, 0.25) is 0 Å². The van der Waals surface area contributed by atoms with E-state index in [1.807, 2.05) is 18.2 Å². The molecule has 0 amide bonds. The molecule has 11 aromatic rings. The molecule has 11 rings (SSSR count). The second kappa shape index (κ2) is 10.4. The smallest absolute Gasteiger partial charge is 0.147 e. The van der Waals surface area contributed by atoms with E-state index in [4.69, 9.17) is 8.83 Å². The van der Waals surface area contributed by atoms with Crippen molar-refractivity contribution in [2.24, 2.45) is 0 Å². The molecule has 0 aliphatic heterocycles. The summed E-state index contributed by atoms with van der Waals surface area (Å²) in [6.07, 6.45) is 0. The second-order valence-corrected chi connectivity index (χ2v) is 13.1. The Hall–Kier alpha value is -6.64. The number of para-hydroxylation sites is 2. The molecule has 0 unspecified atom stereocenters. The summed E-state index contributed by atoms with van der Waals surface area (Å²) in [5.74, 6) is 0. The number of benzene rings is 9. The largest absolute Gasteiger partial charge is 0.456 e. The minimum absolute atomic E-state index is 0.826. The molecule has 0 saturated heterocycles. The summed E-state index contributed by atoms with van der Waals surface area (Å²) in [7, 11) is 0. The highest BCUT2D eigenvalue weighted by atomic mass is 16.3. The van der Waals surface area contributed by atoms with Crippen molar-refractivity contribution in [3.8, 4) is 33.4 Å². The first-order valence-electron chi connectivity index (χ1n) is 17.1. The predicted molar refractivity (Wildman–Crippen MR) is 210 cm³/mol. The van der Waals surface area contributed by atoms with Gasteiger partial charge in [-0.15, -0.1) is 0 Å². The number of hydrogen-bond donors (Lipinski definition) is 0. The van der Waals surface area contributed by atoms with Crippen molar-refractivity contribution in [1.82, 2.24) is 0 Å². The van der Waals surface area contributed by atoms with E-state index in [0.29, 0.717) is 0 Å². The minimum atomic E-state index is 0.826. The van der Waals surface area contributed by atoms with Gasteiger partial charge in [-0.25, -0.2) is 0 Å². The maximum atomic E-state index is 6.75. The Kier molecular flexibility index (Phi) is 5.70. The normalized spacial score (nSPS) is 12.0. The Balaban J connectivity index is 1.30. The summed E-state index contributed by atoms with van der Waals surface area (Å²) < 4.78 is 13.3. The molecule has 0 N–H and O–H groups in total. The van der Waals surface area contributed by atoms with Gasteiger partial charge in [0.15, 0.2) is 0 Å². The lowest BCUT2D eigenvalue weighted by Gasteiger charge is -2.20. The Labute approximate surface area is 287 Å². The van der Waals surface area contributed by atoms with E-state index in [1.54, 1.807) is 0 Å². The highest BCUT2D eigenvalue weighted by molar-refractivity contribution is 6.31. The molecule has 2 nitrogen and oxygen atoms in total. The fraction of sp³-hybridized carbons (Fsp3) is 0. The van der Waals surface area contributed by atoms with Crippen molar-refractivity contribution in [3.05, 3.63) is 170 Å². The Morgan fingerprint density at radius 1 is 0.280 bits per heavy atom. The average molecular weight is 637 g/mol. The zero-order chi connectivity index (χ0) is 32.8. The molecule has 50 heavy (non-hydrogen) atoms. The van der Waals surface area contributed by atoms with Crippen LogP contribution in [0, 0.1) is 0 Å². The third-order valence-electron chi connectivity index (χ3n) is 10.5. The topological polar surface area (TPSA) is 26.3 Å². The molecule has 0 saturated carbocycles. The van der Waals surface area contributed by atoms with Gasteiger partial charge in [0.05, 0.1) is 5.39 Å². The highest BCUT2D eigenvalue weighted by Gasteiger charge is 2.24. The second-order valence-electron chi connectivity index (χ2n) is 13.1. The number of rotatable bonds is 3. The van der Waals surface area contributed by atoms with Crippen molar-refractivity contribution >= 4 is 76.2 Å². The van der Waals surface area contributed by atoms with Gasteiger partial charge in [0, 0.05) is 16.2 Å². The van der Waals surface area contributed by atoms with Crippen LogP contribution < -0.4 is 0 Å². The van der Waals surface area contributed by atoms with Crippen LogP contribution in [0.4, 0.5) is 0 Å². The molecule has 0 radical (unpaired) electrons. The molecule has 2 heterocycles. The van der Waals surface area contributed by atoms with Gasteiger partial charge in [0.1, 0.15) is 22.3 Å². The summed E-state index contributed by atoms with van der Waals surface area (Å²) in [6, 6.07) is 60.8. The van der Waals surface area contributed by atoms with Crippen LogP contribution in [0.3, 0.4) is 0 Å². The molecule has 0 bridgehead atoms. The van der Waals surface area contributed by atoms with Crippen LogP contribution in [0.15, 0.2) is 179 Å². The third-order valence-corrected chi connectivity index (χ3v) is 10.5. The van der Waals surface area contributed by atoms with Gasteiger partial charge in [-0.1, -0.05) is 152 Å². The fourth-order valence-electron chi connectivity index (χ4n) is 8.38. The summed E-state index contributed by atoms with van der Waals surface area (Å²) in [5.41, 5.74) is 10.6. The van der Waals surface area contributed by atoms with E-state index < -0.39 is 0 Å². The van der Waals surface area contributed by atoms with Crippen molar-refractivity contribution in [1.29, 1.82) is 0 Å². The van der Waals surface area contributed by atoms with E-state index >= 15 is 0 Å². The summed E-state index contributed by atoms with van der Waals surface area (Å²) in [4.78, 5) is 0. The van der Waals surface area contributed by atoms with Gasteiger partial charge < -0.3 is 8.83 Å². The van der Waals surface area contributed by atoms with Gasteiger partial charge in [-0.3, -0.25) is 0 Å². The molecule has 232 valence electrons. The maximum Gasteiger partial charge on any atom is 0.147 e. The maximum absolute atomic E-state index is 6.75. The van der Waals surface area contributed by atoms with Crippen LogP contribution >= 0.6 is 0 Å². The van der Waals surface area contributed by atoms with Gasteiger partial charge in [-0.05, 0) is 83.9 Å². The number of hydrogen-bond acceptors (Lipinski definition) is 2. The van der Waals surface area contributed by atoms with Crippen molar-refractivity contribution in [3.63, 3.8) is 0 Å². The first-order valence-corrected chi connectivity index (χ1v) is 17.1.